The number of nitrogens with zero attached hydrogens (tertiary/aromatic N) is 1. The average molecular weight is 366 g/mol. The van der Waals surface area contributed by atoms with Gasteiger partial charge in [-0.1, -0.05) is 0 Å². The van der Waals surface area contributed by atoms with Gasteiger partial charge in [-0.2, -0.15) is 4.73 Å². The maximum Gasteiger partial charge on any atom is 0.405 e. The highest BCUT2D eigenvalue weighted by atomic mass is 32.1. The fraction of sp³-hybridized carbons (Fsp3) is 0.200. The molecule has 0 saturated heterocycles. The summed E-state index contributed by atoms with van der Waals surface area (Å²) >= 11 is 0.812. The molecular weight excluding hydrogens is 352 g/mol. The minimum atomic E-state index is -0.924. The number of carbonyl (C=O) groups excluding carboxylic acids is 3. The lowest BCUT2D eigenvalue weighted by atomic mass is 10.1. The quantitative estimate of drug-likeness (QED) is 0.357. The van der Waals surface area contributed by atoms with Gasteiger partial charge in [-0.25, -0.2) is 14.4 Å². The lowest BCUT2D eigenvalue weighted by Crippen LogP contribution is -2.34. The molecule has 0 aliphatic heterocycles. The molecule has 10 heteroatoms. The summed E-state index contributed by atoms with van der Waals surface area (Å²) in [5.41, 5.74) is 5.50. The van der Waals surface area contributed by atoms with E-state index in [2.05, 4.69) is 9.47 Å². The minimum absolute atomic E-state index is 0.0104. The molecule has 9 nitrogen and oxygen atoms in total. The van der Waals surface area contributed by atoms with E-state index in [-0.39, 0.29) is 26.7 Å². The summed E-state index contributed by atoms with van der Waals surface area (Å²) in [6, 6.07) is 4.22. The second-order valence-electron chi connectivity index (χ2n) is 4.62. The van der Waals surface area contributed by atoms with Crippen LogP contribution in [0.1, 0.15) is 36.1 Å². The van der Waals surface area contributed by atoms with Crippen molar-refractivity contribution in [3.63, 3.8) is 0 Å². The third kappa shape index (κ3) is 3.69. The first kappa shape index (κ1) is 18.2. The van der Waals surface area contributed by atoms with Crippen LogP contribution in [0.4, 0.5) is 5.00 Å². The molecule has 2 N–H and O–H groups in total. The zero-order valence-corrected chi connectivity index (χ0v) is 14.1. The molecule has 25 heavy (non-hydrogen) atoms. The Morgan fingerprint density at radius 1 is 1.16 bits per heavy atom. The molecule has 0 unspecified atom stereocenters. The molecule has 0 aromatic carbocycles. The first-order chi connectivity index (χ1) is 11.9. The van der Waals surface area contributed by atoms with Crippen LogP contribution in [0.15, 0.2) is 24.4 Å². The number of aromatic nitrogens is 1. The van der Waals surface area contributed by atoms with Crippen molar-refractivity contribution in [1.82, 2.24) is 0 Å². The number of esters is 3. The third-order valence-corrected chi connectivity index (χ3v) is 4.22. The molecule has 0 radical (unpaired) electrons. The maximum atomic E-state index is 12.0. The van der Waals surface area contributed by atoms with Crippen LogP contribution in [0.25, 0.3) is 0 Å². The van der Waals surface area contributed by atoms with Gasteiger partial charge in [0.1, 0.15) is 22.0 Å². The standard InChI is InChI=1S/C15H14N2O7S/c1-22-14(19)10-8(11(15(20)23-2)25-12(10)16)7-24-13(18)9-5-3-4-6-17(9)21/h3-6H,7,16H2,1-2H3. The summed E-state index contributed by atoms with van der Waals surface area (Å²) in [6.45, 7) is -0.462. The molecule has 0 saturated carbocycles. The molecule has 0 aliphatic carbocycles. The SMILES string of the molecule is COC(=O)c1sc(N)c(C(=O)OC)c1COC(=O)c1cccc[n+]1[O-]. The van der Waals surface area contributed by atoms with Crippen LogP contribution in [-0.2, 0) is 20.8 Å². The van der Waals surface area contributed by atoms with Crippen molar-refractivity contribution in [2.24, 2.45) is 0 Å². The van der Waals surface area contributed by atoms with Crippen LogP contribution in [-0.4, -0.2) is 32.1 Å². The van der Waals surface area contributed by atoms with Gasteiger partial charge in [0.05, 0.1) is 14.2 Å². The summed E-state index contributed by atoms with van der Waals surface area (Å²) in [5.74, 6) is -2.45. The average Bonchev–Trinajstić information content (AvgIpc) is 2.95. The number of pyridine rings is 1. The van der Waals surface area contributed by atoms with Crippen molar-refractivity contribution in [1.29, 1.82) is 0 Å². The molecule has 0 aliphatic rings. The molecular formula is C15H14N2O7S. The van der Waals surface area contributed by atoms with Gasteiger partial charge in [0, 0.05) is 17.7 Å². The lowest BCUT2D eigenvalue weighted by molar-refractivity contribution is -0.608. The Morgan fingerprint density at radius 2 is 1.84 bits per heavy atom. The predicted molar refractivity (Wildman–Crippen MR) is 85.9 cm³/mol. The van der Waals surface area contributed by atoms with Crippen LogP contribution in [0, 0.1) is 5.21 Å². The van der Waals surface area contributed by atoms with Crippen molar-refractivity contribution >= 4 is 34.2 Å². The van der Waals surface area contributed by atoms with Crippen LogP contribution in [0.3, 0.4) is 0 Å². The van der Waals surface area contributed by atoms with Gasteiger partial charge < -0.3 is 25.2 Å². The van der Waals surface area contributed by atoms with Gasteiger partial charge in [-0.05, 0) is 6.07 Å². The van der Waals surface area contributed by atoms with Crippen molar-refractivity contribution in [2.45, 2.75) is 6.61 Å². The number of rotatable bonds is 5. The number of carbonyl (C=O) groups is 3. The molecule has 2 rings (SSSR count). The highest BCUT2D eigenvalue weighted by Gasteiger charge is 2.29. The molecule has 0 amide bonds. The fourth-order valence-electron chi connectivity index (χ4n) is 2.00. The van der Waals surface area contributed by atoms with Crippen LogP contribution in [0.5, 0.6) is 0 Å². The normalized spacial score (nSPS) is 10.2. The molecule has 0 spiro atoms. The van der Waals surface area contributed by atoms with Gasteiger partial charge in [-0.3, -0.25) is 0 Å². The number of ether oxygens (including phenoxy) is 3. The monoisotopic (exact) mass is 366 g/mol. The van der Waals surface area contributed by atoms with Gasteiger partial charge in [0.2, 0.25) is 0 Å². The zero-order valence-electron chi connectivity index (χ0n) is 13.3. The van der Waals surface area contributed by atoms with E-state index in [9.17, 15) is 19.6 Å². The van der Waals surface area contributed by atoms with Gasteiger partial charge >= 0.3 is 23.6 Å². The van der Waals surface area contributed by atoms with E-state index in [1.54, 1.807) is 0 Å². The smallest absolute Gasteiger partial charge is 0.405 e. The number of hydrogen-bond donors (Lipinski definition) is 1. The second-order valence-corrected chi connectivity index (χ2v) is 5.67. The summed E-state index contributed by atoms with van der Waals surface area (Å²) in [4.78, 5) is 35.8. The Bertz CT molecular complexity index is 831. The van der Waals surface area contributed by atoms with Crippen molar-refractivity contribution < 1.29 is 33.3 Å². The van der Waals surface area contributed by atoms with E-state index in [4.69, 9.17) is 10.5 Å². The maximum absolute atomic E-state index is 12.0. The Kier molecular flexibility index (Phi) is 5.55. The predicted octanol–water partition coefficient (Wildman–Crippen LogP) is 0.894. The van der Waals surface area contributed by atoms with Gasteiger partial charge in [0.25, 0.3) is 0 Å². The topological polar surface area (TPSA) is 132 Å². The summed E-state index contributed by atoms with van der Waals surface area (Å²) in [7, 11) is 2.31. The van der Waals surface area contributed by atoms with E-state index in [1.165, 1.54) is 18.2 Å². The van der Waals surface area contributed by atoms with Crippen LogP contribution >= 0.6 is 11.3 Å². The van der Waals surface area contributed by atoms with E-state index in [0.29, 0.717) is 4.73 Å². The van der Waals surface area contributed by atoms with E-state index in [0.717, 1.165) is 31.8 Å². The van der Waals surface area contributed by atoms with Crippen molar-refractivity contribution in [3.8, 4) is 0 Å². The molecule has 132 valence electrons. The van der Waals surface area contributed by atoms with Gasteiger partial charge in [-0.15, -0.1) is 11.3 Å². The summed E-state index contributed by atoms with van der Waals surface area (Å²) in [6.07, 6.45) is 1.14. The molecule has 0 bridgehead atoms. The van der Waals surface area contributed by atoms with Crippen molar-refractivity contribution in [2.75, 3.05) is 20.0 Å². The Morgan fingerprint density at radius 3 is 2.44 bits per heavy atom. The third-order valence-electron chi connectivity index (χ3n) is 3.18. The number of anilines is 1. The second kappa shape index (κ2) is 7.62. The van der Waals surface area contributed by atoms with E-state index < -0.39 is 24.5 Å². The number of hydrogen-bond acceptors (Lipinski definition) is 9. The fourth-order valence-corrected chi connectivity index (χ4v) is 2.98. The Hall–Kier alpha value is -3.14. The highest BCUT2D eigenvalue weighted by Crippen LogP contribution is 2.33. The number of thiophene rings is 1. The molecule has 2 aromatic rings. The van der Waals surface area contributed by atoms with Gasteiger partial charge in [0.15, 0.2) is 6.20 Å². The number of nitrogens with two attached hydrogens (primary N) is 1. The van der Waals surface area contributed by atoms with Crippen LogP contribution < -0.4 is 10.5 Å². The molecule has 0 fully saturated rings. The first-order valence-electron chi connectivity index (χ1n) is 6.83. The van der Waals surface area contributed by atoms with Crippen LogP contribution in [0.2, 0.25) is 0 Å². The lowest BCUT2D eigenvalue weighted by Gasteiger charge is -2.08. The first-order valence-corrected chi connectivity index (χ1v) is 7.65. The van der Waals surface area contributed by atoms with E-state index in [1.807, 2.05) is 0 Å². The van der Waals surface area contributed by atoms with E-state index >= 15 is 0 Å². The largest absolute Gasteiger partial charge is 0.618 e. The number of nitrogen functional groups attached to an aromatic ring is 1. The number of methoxy groups -OCH3 is 2. The summed E-state index contributed by atoms with van der Waals surface area (Å²) in [5, 5.41) is 11.6. The minimum Gasteiger partial charge on any atom is -0.618 e. The Balaban J connectivity index is 2.34. The molecule has 0 atom stereocenters. The Labute approximate surface area is 146 Å². The molecule has 2 heterocycles. The van der Waals surface area contributed by atoms with Crippen molar-refractivity contribution in [3.05, 3.63) is 51.3 Å². The summed E-state index contributed by atoms with van der Waals surface area (Å²) < 4.78 is 14.7. The highest BCUT2D eigenvalue weighted by molar-refractivity contribution is 7.18. The zero-order chi connectivity index (χ0) is 18.6. The molecule has 2 aromatic heterocycles.